The highest BCUT2D eigenvalue weighted by Crippen LogP contribution is 2.28. The number of benzene rings is 1. The van der Waals surface area contributed by atoms with Gasteiger partial charge in [-0.3, -0.25) is 9.59 Å². The normalized spacial score (nSPS) is 23.9. The van der Waals surface area contributed by atoms with Crippen molar-refractivity contribution in [3.8, 4) is 0 Å². The first-order valence-electron chi connectivity index (χ1n) is 11.6. The van der Waals surface area contributed by atoms with E-state index in [1.54, 1.807) is 0 Å². The first-order valence-corrected chi connectivity index (χ1v) is 11.6. The van der Waals surface area contributed by atoms with Gasteiger partial charge in [-0.05, 0) is 61.1 Å². The summed E-state index contributed by atoms with van der Waals surface area (Å²) in [5.74, 6) is 1.05. The number of halogens is 1. The fourth-order valence-electron chi connectivity index (χ4n) is 5.23. The molecule has 3 N–H and O–H groups in total. The van der Waals surface area contributed by atoms with Crippen LogP contribution < -0.4 is 16.0 Å². The predicted octanol–water partition coefficient (Wildman–Crippen LogP) is 3.97. The van der Waals surface area contributed by atoms with Crippen molar-refractivity contribution in [3.63, 3.8) is 0 Å². The van der Waals surface area contributed by atoms with E-state index in [-0.39, 0.29) is 36.2 Å². The van der Waals surface area contributed by atoms with Crippen LogP contribution in [-0.2, 0) is 29.2 Å². The van der Waals surface area contributed by atoms with E-state index < -0.39 is 0 Å². The molecule has 4 rings (SSSR count). The number of fused-ring (bicyclic) bond motifs is 1. The van der Waals surface area contributed by atoms with Crippen LogP contribution in [0.5, 0.6) is 0 Å². The van der Waals surface area contributed by atoms with Crippen molar-refractivity contribution in [3.05, 3.63) is 34.9 Å². The average Bonchev–Trinajstić information content (AvgIpc) is 3.21. The third kappa shape index (κ3) is 6.21. The first kappa shape index (κ1) is 23.1. The van der Waals surface area contributed by atoms with Crippen LogP contribution >= 0.6 is 12.4 Å². The molecule has 0 unspecified atom stereocenters. The summed E-state index contributed by atoms with van der Waals surface area (Å²) in [6.45, 7) is 2.47. The van der Waals surface area contributed by atoms with Crippen molar-refractivity contribution >= 4 is 24.2 Å². The molecule has 166 valence electrons. The highest BCUT2D eigenvalue weighted by molar-refractivity contribution is 5.85. The fraction of sp³-hybridized carbons (Fsp3) is 0.667. The summed E-state index contributed by atoms with van der Waals surface area (Å²) in [7, 11) is 0. The standard InChI is InChI=1S/C24H35N3O2.ClH/c28-23(13-17-4-2-1-3-5-17)27-22-10-8-19(9-11-22)24(29)26-14-18-6-7-20-15-25-16-21(20)12-18;/h6-7,12,17,19,22,25H,1-5,8-11,13-16H2,(H,26,29)(H,27,28);1H. The highest BCUT2D eigenvalue weighted by Gasteiger charge is 2.27. The van der Waals surface area contributed by atoms with Crippen LogP contribution in [0.15, 0.2) is 18.2 Å². The second-order valence-corrected chi connectivity index (χ2v) is 9.25. The van der Waals surface area contributed by atoms with Crippen LogP contribution in [0.25, 0.3) is 0 Å². The summed E-state index contributed by atoms with van der Waals surface area (Å²) in [4.78, 5) is 24.9. The zero-order chi connectivity index (χ0) is 20.1. The van der Waals surface area contributed by atoms with E-state index in [1.807, 2.05) is 0 Å². The van der Waals surface area contributed by atoms with E-state index in [4.69, 9.17) is 0 Å². The fourth-order valence-corrected chi connectivity index (χ4v) is 5.23. The lowest BCUT2D eigenvalue weighted by Crippen LogP contribution is -2.41. The molecule has 5 nitrogen and oxygen atoms in total. The molecule has 0 spiro atoms. The molecule has 30 heavy (non-hydrogen) atoms. The molecule has 2 amide bonds. The molecular weight excluding hydrogens is 398 g/mol. The molecule has 0 bridgehead atoms. The largest absolute Gasteiger partial charge is 0.353 e. The van der Waals surface area contributed by atoms with E-state index in [0.29, 0.717) is 18.9 Å². The molecule has 2 fully saturated rings. The highest BCUT2D eigenvalue weighted by atomic mass is 35.5. The zero-order valence-electron chi connectivity index (χ0n) is 17.9. The summed E-state index contributed by atoms with van der Waals surface area (Å²) < 4.78 is 0. The van der Waals surface area contributed by atoms with Gasteiger partial charge < -0.3 is 16.0 Å². The number of carbonyl (C=O) groups excluding carboxylic acids is 2. The molecule has 1 aromatic rings. The Morgan fingerprint density at radius 3 is 2.43 bits per heavy atom. The van der Waals surface area contributed by atoms with Crippen LogP contribution in [0.2, 0.25) is 0 Å². The minimum absolute atomic E-state index is 0. The Hall–Kier alpha value is -1.59. The number of hydrogen-bond acceptors (Lipinski definition) is 3. The maximum absolute atomic E-state index is 12.6. The molecule has 2 aliphatic carbocycles. The average molecular weight is 434 g/mol. The van der Waals surface area contributed by atoms with Gasteiger partial charge in [-0.1, -0.05) is 37.5 Å². The Morgan fingerprint density at radius 1 is 0.933 bits per heavy atom. The quantitative estimate of drug-likeness (QED) is 0.635. The Kier molecular flexibility index (Phi) is 8.58. The van der Waals surface area contributed by atoms with Gasteiger partial charge in [-0.2, -0.15) is 0 Å². The lowest BCUT2D eigenvalue weighted by Gasteiger charge is -2.29. The molecule has 6 heteroatoms. The molecule has 0 atom stereocenters. The third-order valence-corrected chi connectivity index (χ3v) is 7.03. The zero-order valence-corrected chi connectivity index (χ0v) is 18.7. The third-order valence-electron chi connectivity index (χ3n) is 7.03. The molecule has 1 aliphatic heterocycles. The van der Waals surface area contributed by atoms with E-state index in [1.165, 1.54) is 48.8 Å². The molecule has 2 saturated carbocycles. The number of amides is 2. The maximum atomic E-state index is 12.6. The van der Waals surface area contributed by atoms with Crippen molar-refractivity contribution < 1.29 is 9.59 Å². The summed E-state index contributed by atoms with van der Waals surface area (Å²) in [5, 5.41) is 9.71. The molecular formula is C24H36ClN3O2. The van der Waals surface area contributed by atoms with E-state index >= 15 is 0 Å². The lowest BCUT2D eigenvalue weighted by molar-refractivity contribution is -0.126. The van der Waals surface area contributed by atoms with Gasteiger partial charge in [-0.25, -0.2) is 0 Å². The van der Waals surface area contributed by atoms with Crippen molar-refractivity contribution in [1.82, 2.24) is 16.0 Å². The second-order valence-electron chi connectivity index (χ2n) is 9.25. The second kappa shape index (κ2) is 11.1. The maximum Gasteiger partial charge on any atom is 0.223 e. The van der Waals surface area contributed by atoms with Gasteiger partial charge in [0, 0.05) is 38.0 Å². The number of carbonyl (C=O) groups is 2. The van der Waals surface area contributed by atoms with Gasteiger partial charge in [0.05, 0.1) is 0 Å². The Labute approximate surface area is 186 Å². The van der Waals surface area contributed by atoms with Gasteiger partial charge in [0.2, 0.25) is 11.8 Å². The van der Waals surface area contributed by atoms with Gasteiger partial charge in [0.15, 0.2) is 0 Å². The molecule has 0 saturated heterocycles. The smallest absolute Gasteiger partial charge is 0.223 e. The van der Waals surface area contributed by atoms with Gasteiger partial charge in [0.25, 0.3) is 0 Å². The summed E-state index contributed by atoms with van der Waals surface area (Å²) in [6.07, 6.45) is 10.6. The predicted molar refractivity (Wildman–Crippen MR) is 121 cm³/mol. The first-order chi connectivity index (χ1) is 14.2. The number of hydrogen-bond donors (Lipinski definition) is 3. The van der Waals surface area contributed by atoms with Crippen LogP contribution in [0.3, 0.4) is 0 Å². The molecule has 1 aromatic carbocycles. The van der Waals surface area contributed by atoms with Gasteiger partial charge in [-0.15, -0.1) is 12.4 Å². The Morgan fingerprint density at radius 2 is 1.67 bits per heavy atom. The summed E-state index contributed by atoms with van der Waals surface area (Å²) in [5.41, 5.74) is 3.88. The number of nitrogens with one attached hydrogen (secondary N) is 3. The van der Waals surface area contributed by atoms with E-state index in [2.05, 4.69) is 34.1 Å². The molecule has 0 aromatic heterocycles. The van der Waals surface area contributed by atoms with Gasteiger partial charge in [0.1, 0.15) is 0 Å². The lowest BCUT2D eigenvalue weighted by atomic mass is 9.84. The topological polar surface area (TPSA) is 70.2 Å². The Balaban J connectivity index is 0.00000256. The van der Waals surface area contributed by atoms with Crippen molar-refractivity contribution in [1.29, 1.82) is 0 Å². The molecule has 3 aliphatic rings. The van der Waals surface area contributed by atoms with Crippen LogP contribution in [0, 0.1) is 11.8 Å². The molecule has 1 heterocycles. The SMILES string of the molecule is Cl.O=C(CC1CCCCC1)NC1CCC(C(=O)NCc2ccc3c(c2)CNC3)CC1. The minimum atomic E-state index is 0. The van der Waals surface area contributed by atoms with Gasteiger partial charge >= 0.3 is 0 Å². The van der Waals surface area contributed by atoms with E-state index in [0.717, 1.165) is 38.8 Å². The van der Waals surface area contributed by atoms with Crippen molar-refractivity contribution in [2.45, 2.75) is 89.9 Å². The summed E-state index contributed by atoms with van der Waals surface area (Å²) >= 11 is 0. The Bertz CT molecular complexity index is 725. The van der Waals surface area contributed by atoms with E-state index in [9.17, 15) is 9.59 Å². The van der Waals surface area contributed by atoms with Crippen LogP contribution in [0.1, 0.15) is 80.9 Å². The van der Waals surface area contributed by atoms with Crippen LogP contribution in [-0.4, -0.2) is 17.9 Å². The number of rotatable bonds is 6. The van der Waals surface area contributed by atoms with Crippen LogP contribution in [0.4, 0.5) is 0 Å². The monoisotopic (exact) mass is 433 g/mol. The van der Waals surface area contributed by atoms with Crippen molar-refractivity contribution in [2.24, 2.45) is 11.8 Å². The summed E-state index contributed by atoms with van der Waals surface area (Å²) in [6, 6.07) is 6.73. The minimum Gasteiger partial charge on any atom is -0.353 e. The van der Waals surface area contributed by atoms with Crippen molar-refractivity contribution in [2.75, 3.05) is 0 Å². The molecule has 0 radical (unpaired) electrons.